The van der Waals surface area contributed by atoms with Gasteiger partial charge >= 0.3 is 0 Å². The van der Waals surface area contributed by atoms with Gasteiger partial charge < -0.3 is 15.5 Å². The van der Waals surface area contributed by atoms with Crippen LogP contribution in [0.3, 0.4) is 0 Å². The van der Waals surface area contributed by atoms with E-state index in [1.165, 1.54) is 6.92 Å². The molecule has 0 saturated carbocycles. The Morgan fingerprint density at radius 3 is 2.04 bits per heavy atom. The summed E-state index contributed by atoms with van der Waals surface area (Å²) in [5.41, 5.74) is 3.83. The highest BCUT2D eigenvalue weighted by Gasteiger charge is 2.04. The van der Waals surface area contributed by atoms with Gasteiger partial charge in [0.25, 0.3) is 0 Å². The molecule has 2 amide bonds. The molecule has 0 radical (unpaired) electrons. The van der Waals surface area contributed by atoms with Crippen LogP contribution in [0.5, 0.6) is 0 Å². The van der Waals surface area contributed by atoms with Crippen molar-refractivity contribution in [1.82, 2.24) is 5.32 Å². The molecule has 0 bridgehead atoms. The van der Waals surface area contributed by atoms with Crippen molar-refractivity contribution in [3.63, 3.8) is 0 Å². The number of hydrogen-bond acceptors (Lipinski definition) is 3. The van der Waals surface area contributed by atoms with Crippen LogP contribution >= 0.6 is 0 Å². The second kappa shape index (κ2) is 8.15. The number of rotatable bonds is 6. The molecule has 0 unspecified atom stereocenters. The van der Waals surface area contributed by atoms with Gasteiger partial charge in [-0.05, 0) is 35.4 Å². The molecule has 2 N–H and O–H groups in total. The molecule has 0 aliphatic heterocycles. The average molecular weight is 325 g/mol. The normalized spacial score (nSPS) is 10.1. The van der Waals surface area contributed by atoms with Gasteiger partial charge in [-0.1, -0.05) is 24.3 Å². The highest BCUT2D eigenvalue weighted by molar-refractivity contribution is 5.88. The van der Waals surface area contributed by atoms with Crippen molar-refractivity contribution in [2.45, 2.75) is 19.9 Å². The van der Waals surface area contributed by atoms with Crippen LogP contribution in [-0.2, 0) is 22.6 Å². The molecule has 0 aliphatic rings. The standard InChI is InChI=1S/C19H23N3O2/c1-14(23)21-17-8-4-15(5-9-17)12-19(24)20-13-16-6-10-18(11-7-16)22(2)3/h4-11H,12-13H2,1-3H3,(H,20,24)(H,21,23). The van der Waals surface area contributed by atoms with Crippen LogP contribution in [0.1, 0.15) is 18.1 Å². The smallest absolute Gasteiger partial charge is 0.224 e. The van der Waals surface area contributed by atoms with E-state index >= 15 is 0 Å². The van der Waals surface area contributed by atoms with Crippen LogP contribution in [0.2, 0.25) is 0 Å². The van der Waals surface area contributed by atoms with E-state index in [0.29, 0.717) is 13.0 Å². The van der Waals surface area contributed by atoms with E-state index in [9.17, 15) is 9.59 Å². The van der Waals surface area contributed by atoms with Crippen LogP contribution in [0.15, 0.2) is 48.5 Å². The van der Waals surface area contributed by atoms with Gasteiger partial charge in [-0.3, -0.25) is 9.59 Å². The molecule has 0 aromatic heterocycles. The molecule has 0 atom stereocenters. The molecule has 126 valence electrons. The van der Waals surface area contributed by atoms with Crippen molar-refractivity contribution in [2.24, 2.45) is 0 Å². The molecular weight excluding hydrogens is 302 g/mol. The lowest BCUT2D eigenvalue weighted by Gasteiger charge is -2.13. The molecule has 0 aliphatic carbocycles. The summed E-state index contributed by atoms with van der Waals surface area (Å²) < 4.78 is 0. The van der Waals surface area contributed by atoms with Crippen LogP contribution in [-0.4, -0.2) is 25.9 Å². The van der Waals surface area contributed by atoms with Gasteiger partial charge in [0, 0.05) is 38.9 Å². The summed E-state index contributed by atoms with van der Waals surface area (Å²) in [7, 11) is 3.99. The van der Waals surface area contributed by atoms with Crippen molar-refractivity contribution in [1.29, 1.82) is 0 Å². The third kappa shape index (κ3) is 5.43. The summed E-state index contributed by atoms with van der Waals surface area (Å²) in [6, 6.07) is 15.4. The quantitative estimate of drug-likeness (QED) is 0.858. The second-order valence-electron chi connectivity index (χ2n) is 5.89. The summed E-state index contributed by atoms with van der Waals surface area (Å²) in [4.78, 5) is 25.0. The van der Waals surface area contributed by atoms with Gasteiger partial charge in [0.1, 0.15) is 0 Å². The Morgan fingerprint density at radius 1 is 0.917 bits per heavy atom. The first kappa shape index (κ1) is 17.5. The van der Waals surface area contributed by atoms with Crippen molar-refractivity contribution in [3.05, 3.63) is 59.7 Å². The zero-order chi connectivity index (χ0) is 17.5. The topological polar surface area (TPSA) is 61.4 Å². The number of benzene rings is 2. The van der Waals surface area contributed by atoms with Gasteiger partial charge in [-0.25, -0.2) is 0 Å². The number of hydrogen-bond donors (Lipinski definition) is 2. The van der Waals surface area contributed by atoms with Gasteiger partial charge in [0.15, 0.2) is 0 Å². The summed E-state index contributed by atoms with van der Waals surface area (Å²) in [5, 5.41) is 5.62. The van der Waals surface area contributed by atoms with Crippen LogP contribution in [0.25, 0.3) is 0 Å². The molecular formula is C19H23N3O2. The summed E-state index contributed by atoms with van der Waals surface area (Å²) in [6.07, 6.45) is 0.316. The first-order valence-electron chi connectivity index (χ1n) is 7.83. The maximum absolute atomic E-state index is 12.0. The van der Waals surface area contributed by atoms with E-state index in [1.807, 2.05) is 55.4 Å². The summed E-state index contributed by atoms with van der Waals surface area (Å²) in [6.45, 7) is 1.98. The maximum atomic E-state index is 12.0. The van der Waals surface area contributed by atoms with Gasteiger partial charge in [-0.2, -0.15) is 0 Å². The third-order valence-electron chi connectivity index (χ3n) is 3.58. The van der Waals surface area contributed by atoms with Crippen LogP contribution in [0.4, 0.5) is 11.4 Å². The largest absolute Gasteiger partial charge is 0.378 e. The molecule has 0 fully saturated rings. The third-order valence-corrected chi connectivity index (χ3v) is 3.58. The number of nitrogens with zero attached hydrogens (tertiary/aromatic N) is 1. The Balaban J connectivity index is 1.83. The molecule has 0 heterocycles. The van der Waals surface area contributed by atoms with Crippen LogP contribution in [0, 0.1) is 0 Å². The SMILES string of the molecule is CC(=O)Nc1ccc(CC(=O)NCc2ccc(N(C)C)cc2)cc1. The Bertz CT molecular complexity index is 692. The number of carbonyl (C=O) groups excluding carboxylic acids is 2. The lowest BCUT2D eigenvalue weighted by Crippen LogP contribution is -2.24. The minimum absolute atomic E-state index is 0.0287. The van der Waals surface area contributed by atoms with Crippen molar-refractivity contribution in [3.8, 4) is 0 Å². The predicted octanol–water partition coefficient (Wildman–Crippen LogP) is 2.57. The summed E-state index contributed by atoms with van der Waals surface area (Å²) in [5.74, 6) is -0.139. The lowest BCUT2D eigenvalue weighted by atomic mass is 10.1. The van der Waals surface area contributed by atoms with Crippen LogP contribution < -0.4 is 15.5 Å². The zero-order valence-corrected chi connectivity index (χ0v) is 14.3. The molecule has 0 saturated heterocycles. The molecule has 0 spiro atoms. The van der Waals surface area contributed by atoms with Crippen molar-refractivity contribution in [2.75, 3.05) is 24.3 Å². The zero-order valence-electron chi connectivity index (χ0n) is 14.3. The number of carbonyl (C=O) groups is 2. The van der Waals surface area contributed by atoms with E-state index in [0.717, 1.165) is 22.5 Å². The maximum Gasteiger partial charge on any atom is 0.224 e. The van der Waals surface area contributed by atoms with Gasteiger partial charge in [-0.15, -0.1) is 0 Å². The Kier molecular flexibility index (Phi) is 5.95. The first-order valence-corrected chi connectivity index (χ1v) is 7.83. The highest BCUT2D eigenvalue weighted by Crippen LogP contribution is 2.12. The highest BCUT2D eigenvalue weighted by atomic mass is 16.2. The first-order chi connectivity index (χ1) is 11.4. The number of anilines is 2. The second-order valence-corrected chi connectivity index (χ2v) is 5.89. The summed E-state index contributed by atoms with van der Waals surface area (Å²) >= 11 is 0. The fourth-order valence-electron chi connectivity index (χ4n) is 2.27. The Hall–Kier alpha value is -2.82. The molecule has 2 rings (SSSR count). The van der Waals surface area contributed by atoms with E-state index in [4.69, 9.17) is 0 Å². The molecule has 5 heteroatoms. The lowest BCUT2D eigenvalue weighted by molar-refractivity contribution is -0.120. The van der Waals surface area contributed by atoms with E-state index in [1.54, 1.807) is 12.1 Å². The number of amides is 2. The van der Waals surface area contributed by atoms with E-state index < -0.39 is 0 Å². The molecule has 2 aromatic carbocycles. The minimum atomic E-state index is -0.110. The molecule has 5 nitrogen and oxygen atoms in total. The van der Waals surface area contributed by atoms with Crippen molar-refractivity contribution < 1.29 is 9.59 Å². The number of nitrogens with one attached hydrogen (secondary N) is 2. The Morgan fingerprint density at radius 2 is 1.50 bits per heavy atom. The van der Waals surface area contributed by atoms with Gasteiger partial charge in [0.2, 0.25) is 11.8 Å². The molecule has 24 heavy (non-hydrogen) atoms. The average Bonchev–Trinajstić information content (AvgIpc) is 2.54. The van der Waals surface area contributed by atoms with E-state index in [2.05, 4.69) is 10.6 Å². The predicted molar refractivity (Wildman–Crippen MR) is 97.1 cm³/mol. The fourth-order valence-corrected chi connectivity index (χ4v) is 2.27. The van der Waals surface area contributed by atoms with Gasteiger partial charge in [0.05, 0.1) is 6.42 Å². The minimum Gasteiger partial charge on any atom is -0.378 e. The fraction of sp³-hybridized carbons (Fsp3) is 0.263. The van der Waals surface area contributed by atoms with Crippen molar-refractivity contribution >= 4 is 23.2 Å². The molecule has 2 aromatic rings. The van der Waals surface area contributed by atoms with E-state index in [-0.39, 0.29) is 11.8 Å². The monoisotopic (exact) mass is 325 g/mol. The Labute approximate surface area is 142 Å².